The first kappa shape index (κ1) is 20.9. The highest BCUT2D eigenvalue weighted by Gasteiger charge is 2.49. The first-order valence-corrected chi connectivity index (χ1v) is 10.8. The lowest BCUT2D eigenvalue weighted by Gasteiger charge is -2.58. The van der Waals surface area contributed by atoms with E-state index in [1.807, 2.05) is 6.07 Å². The van der Waals surface area contributed by atoms with Crippen LogP contribution < -0.4 is 4.90 Å². The van der Waals surface area contributed by atoms with Crippen LogP contribution in [-0.2, 0) is 0 Å². The highest BCUT2D eigenvalue weighted by Crippen LogP contribution is 2.35. The van der Waals surface area contributed by atoms with Crippen LogP contribution >= 0.6 is 11.9 Å². The number of imidazole rings is 1. The molecule has 0 atom stereocenters. The minimum Gasteiger partial charge on any atom is -0.353 e. The molecule has 2 aliphatic rings. The molecule has 2 N–H and O–H groups in total. The fraction of sp³-hybridized carbons (Fsp3) is 0.474. The zero-order chi connectivity index (χ0) is 21.3. The quantitative estimate of drug-likeness (QED) is 0.533. The molecule has 2 fully saturated rings. The molecular formula is C19H24F2N8S. The third-order valence-corrected chi connectivity index (χ3v) is 6.48. The molecule has 0 saturated carbocycles. The van der Waals surface area contributed by atoms with E-state index in [1.165, 1.54) is 12.4 Å². The second kappa shape index (κ2) is 8.40. The number of alkyl halides is 2. The van der Waals surface area contributed by atoms with Crippen LogP contribution in [0.25, 0.3) is 17.5 Å². The number of aromatic amines is 1. The van der Waals surface area contributed by atoms with Gasteiger partial charge in [0.2, 0.25) is 0 Å². The number of nitrogens with zero attached hydrogens (tertiary/aromatic N) is 6. The van der Waals surface area contributed by atoms with Crippen molar-refractivity contribution in [1.82, 2.24) is 29.1 Å². The number of nitrogens with one attached hydrogen (secondary N) is 2. The average molecular weight is 435 g/mol. The lowest BCUT2D eigenvalue weighted by Crippen LogP contribution is -2.74. The Morgan fingerprint density at radius 3 is 2.80 bits per heavy atom. The van der Waals surface area contributed by atoms with E-state index < -0.39 is 12.1 Å². The Kier molecular flexibility index (Phi) is 5.85. The summed E-state index contributed by atoms with van der Waals surface area (Å²) < 4.78 is 27.2. The van der Waals surface area contributed by atoms with E-state index in [9.17, 15) is 8.78 Å². The number of likely N-dealkylation sites (N-methyl/N-ethyl adjacent to an activating group) is 1. The Balaban J connectivity index is 1.49. The van der Waals surface area contributed by atoms with Crippen LogP contribution in [0.4, 0.5) is 14.6 Å². The Labute approximate surface area is 178 Å². The lowest BCUT2D eigenvalue weighted by atomic mass is 9.87. The van der Waals surface area contributed by atoms with Crippen molar-refractivity contribution in [3.63, 3.8) is 0 Å². The van der Waals surface area contributed by atoms with Crippen molar-refractivity contribution < 1.29 is 8.78 Å². The predicted octanol–water partition coefficient (Wildman–Crippen LogP) is 2.25. The monoisotopic (exact) mass is 434 g/mol. The van der Waals surface area contributed by atoms with Gasteiger partial charge in [-0.05, 0) is 25.5 Å². The molecule has 2 aliphatic heterocycles. The number of anilines is 1. The third kappa shape index (κ3) is 4.09. The van der Waals surface area contributed by atoms with Crippen LogP contribution in [0.15, 0.2) is 24.7 Å². The number of halogens is 2. The SMILES string of the molecule is CSN1CC2(C1)CN(c1cc(-c3cnc(/C=C\C(=N)C(F)F)[nH]3)ncn1)CCN2C. The summed E-state index contributed by atoms with van der Waals surface area (Å²) in [7, 11) is 2.19. The second-order valence-electron chi connectivity index (χ2n) is 7.58. The van der Waals surface area contributed by atoms with Crippen molar-refractivity contribution in [3.05, 3.63) is 30.5 Å². The molecule has 0 aromatic carbocycles. The molecule has 2 aromatic rings. The third-order valence-electron chi connectivity index (χ3n) is 5.70. The Morgan fingerprint density at radius 1 is 1.27 bits per heavy atom. The average Bonchev–Trinajstić information content (AvgIpc) is 3.20. The van der Waals surface area contributed by atoms with E-state index in [-0.39, 0.29) is 5.54 Å². The Morgan fingerprint density at radius 2 is 2.07 bits per heavy atom. The molecule has 0 radical (unpaired) electrons. The van der Waals surface area contributed by atoms with Gasteiger partial charge in [-0.3, -0.25) is 10.3 Å². The van der Waals surface area contributed by atoms with Gasteiger partial charge in [-0.2, -0.15) is 0 Å². The van der Waals surface area contributed by atoms with Crippen LogP contribution in [-0.4, -0.2) is 92.8 Å². The van der Waals surface area contributed by atoms with E-state index in [4.69, 9.17) is 5.41 Å². The highest BCUT2D eigenvalue weighted by molar-refractivity contribution is 7.96. The summed E-state index contributed by atoms with van der Waals surface area (Å²) in [5.41, 5.74) is 0.747. The zero-order valence-electron chi connectivity index (χ0n) is 16.8. The normalized spacial score (nSPS) is 19.7. The zero-order valence-corrected chi connectivity index (χ0v) is 17.7. The molecule has 8 nitrogen and oxygen atoms in total. The number of piperazine rings is 1. The molecule has 0 unspecified atom stereocenters. The predicted molar refractivity (Wildman–Crippen MR) is 115 cm³/mol. The summed E-state index contributed by atoms with van der Waals surface area (Å²) in [4.78, 5) is 20.8. The smallest absolute Gasteiger partial charge is 0.279 e. The molecule has 4 heterocycles. The van der Waals surface area contributed by atoms with Gasteiger partial charge in [-0.25, -0.2) is 28.0 Å². The van der Waals surface area contributed by atoms with Gasteiger partial charge < -0.3 is 9.88 Å². The molecule has 30 heavy (non-hydrogen) atoms. The van der Waals surface area contributed by atoms with Crippen LogP contribution in [0.2, 0.25) is 0 Å². The van der Waals surface area contributed by atoms with Crippen molar-refractivity contribution >= 4 is 29.6 Å². The van der Waals surface area contributed by atoms with Gasteiger partial charge in [0, 0.05) is 38.8 Å². The van der Waals surface area contributed by atoms with E-state index in [0.717, 1.165) is 44.6 Å². The summed E-state index contributed by atoms with van der Waals surface area (Å²) in [5, 5.41) is 7.18. The van der Waals surface area contributed by atoms with Gasteiger partial charge in [0.05, 0.1) is 28.8 Å². The maximum atomic E-state index is 12.4. The molecule has 0 amide bonds. The van der Waals surface area contributed by atoms with Crippen LogP contribution in [0.5, 0.6) is 0 Å². The van der Waals surface area contributed by atoms with E-state index in [0.29, 0.717) is 17.2 Å². The minimum atomic E-state index is -2.80. The lowest BCUT2D eigenvalue weighted by molar-refractivity contribution is 0.00271. The topological polar surface area (TPSA) is 88.0 Å². The largest absolute Gasteiger partial charge is 0.353 e. The number of allylic oxidation sites excluding steroid dienone is 1. The second-order valence-corrected chi connectivity index (χ2v) is 8.46. The summed E-state index contributed by atoms with van der Waals surface area (Å²) in [6, 6.07) is 1.92. The van der Waals surface area contributed by atoms with Gasteiger partial charge in [0.25, 0.3) is 6.43 Å². The standard InChI is InChI=1S/C19H24F2N8S/c1-27-5-6-28(9-19(27)10-29(11-19)30-2)17-7-14(24-12-25-17)15-8-23-16(26-15)4-3-13(22)18(20)21/h3-4,7-8,12,18,22H,5-6,9-11H2,1-2H3,(H,23,26)/b4-3-,22-13?. The van der Waals surface area contributed by atoms with E-state index in [2.05, 4.69) is 47.3 Å². The fourth-order valence-electron chi connectivity index (χ4n) is 3.80. The van der Waals surface area contributed by atoms with Gasteiger partial charge in [-0.1, -0.05) is 11.9 Å². The van der Waals surface area contributed by atoms with Gasteiger partial charge in [-0.15, -0.1) is 0 Å². The molecule has 4 rings (SSSR count). The Hall–Kier alpha value is -2.37. The van der Waals surface area contributed by atoms with Crippen molar-refractivity contribution in [1.29, 1.82) is 5.41 Å². The van der Waals surface area contributed by atoms with Gasteiger partial charge in [0.15, 0.2) is 0 Å². The van der Waals surface area contributed by atoms with Crippen LogP contribution in [0, 0.1) is 5.41 Å². The van der Waals surface area contributed by atoms with E-state index in [1.54, 1.807) is 18.1 Å². The van der Waals surface area contributed by atoms with Crippen molar-refractivity contribution in [2.75, 3.05) is 50.9 Å². The highest BCUT2D eigenvalue weighted by atomic mass is 32.2. The number of H-pyrrole nitrogens is 1. The van der Waals surface area contributed by atoms with Gasteiger partial charge >= 0.3 is 0 Å². The van der Waals surface area contributed by atoms with Crippen LogP contribution in [0.3, 0.4) is 0 Å². The molecular weight excluding hydrogens is 410 g/mol. The molecule has 0 bridgehead atoms. The summed E-state index contributed by atoms with van der Waals surface area (Å²) in [5.74, 6) is 1.25. The molecule has 2 saturated heterocycles. The first-order chi connectivity index (χ1) is 14.4. The Bertz CT molecular complexity index is 940. The summed E-state index contributed by atoms with van der Waals surface area (Å²) >= 11 is 1.78. The molecule has 160 valence electrons. The molecule has 2 aromatic heterocycles. The first-order valence-electron chi connectivity index (χ1n) is 9.57. The van der Waals surface area contributed by atoms with Crippen molar-refractivity contribution in [2.45, 2.75) is 12.0 Å². The molecule has 0 aliphatic carbocycles. The summed E-state index contributed by atoms with van der Waals surface area (Å²) in [6.07, 6.45) is 4.84. The maximum Gasteiger partial charge on any atom is 0.279 e. The minimum absolute atomic E-state index is 0.146. The fourth-order valence-corrected chi connectivity index (χ4v) is 4.54. The number of hydrogen-bond acceptors (Lipinski definition) is 8. The van der Waals surface area contributed by atoms with Crippen molar-refractivity contribution in [3.8, 4) is 11.4 Å². The summed E-state index contributed by atoms with van der Waals surface area (Å²) in [6.45, 7) is 4.83. The number of rotatable bonds is 6. The number of aromatic nitrogens is 4. The van der Waals surface area contributed by atoms with Crippen molar-refractivity contribution in [2.24, 2.45) is 0 Å². The number of hydrogen-bond donors (Lipinski definition) is 2. The molecule has 11 heteroatoms. The molecule has 1 spiro atoms. The van der Waals surface area contributed by atoms with E-state index >= 15 is 0 Å². The van der Waals surface area contributed by atoms with Crippen LogP contribution in [0.1, 0.15) is 5.82 Å². The maximum absolute atomic E-state index is 12.4. The van der Waals surface area contributed by atoms with Gasteiger partial charge in [0.1, 0.15) is 18.0 Å².